The van der Waals surface area contributed by atoms with E-state index >= 15 is 0 Å². The van der Waals surface area contributed by atoms with Crippen molar-refractivity contribution in [2.75, 3.05) is 18.4 Å². The number of hydrogen-bond donors (Lipinski definition) is 2. The first-order valence-electron chi connectivity index (χ1n) is 9.04. The second kappa shape index (κ2) is 7.82. The van der Waals surface area contributed by atoms with Crippen LogP contribution in [-0.2, 0) is 11.3 Å². The minimum atomic E-state index is -0.382. The summed E-state index contributed by atoms with van der Waals surface area (Å²) in [5.74, 6) is -0.734. The van der Waals surface area contributed by atoms with Gasteiger partial charge in [-0.25, -0.2) is 0 Å². The van der Waals surface area contributed by atoms with E-state index in [0.717, 1.165) is 15.8 Å². The van der Waals surface area contributed by atoms with Gasteiger partial charge in [0.1, 0.15) is 0 Å². The smallest absolute Gasteiger partial charge is 0.260 e. The van der Waals surface area contributed by atoms with Crippen LogP contribution in [0.1, 0.15) is 34.3 Å². The molecular weight excluding hydrogens is 453 g/mol. The molecule has 2 amide bonds. The first-order valence-corrected chi connectivity index (χ1v) is 10.1. The average Bonchev–Trinajstić information content (AvgIpc) is 3.15. The van der Waals surface area contributed by atoms with E-state index in [2.05, 4.69) is 50.3 Å². The Hall–Kier alpha value is -2.19. The molecule has 138 valence electrons. The fourth-order valence-corrected chi connectivity index (χ4v) is 3.99. The van der Waals surface area contributed by atoms with Crippen molar-refractivity contribution in [1.82, 2.24) is 10.2 Å². The molecule has 0 bridgehead atoms. The van der Waals surface area contributed by atoms with Gasteiger partial charge in [0, 0.05) is 33.1 Å². The van der Waals surface area contributed by atoms with Gasteiger partial charge in [-0.3, -0.25) is 19.8 Å². The van der Waals surface area contributed by atoms with E-state index in [4.69, 9.17) is 0 Å². The third-order valence-corrected chi connectivity index (χ3v) is 5.60. The van der Waals surface area contributed by atoms with Gasteiger partial charge in [0.15, 0.2) is 0 Å². The average molecular weight is 473 g/mol. The summed E-state index contributed by atoms with van der Waals surface area (Å²) < 4.78 is 0.978. The highest BCUT2D eigenvalue weighted by atomic mass is 127. The Morgan fingerprint density at radius 2 is 1.74 bits per heavy atom. The summed E-state index contributed by atoms with van der Waals surface area (Å²) in [6.07, 6.45) is 4.25. The van der Waals surface area contributed by atoms with Crippen molar-refractivity contribution in [3.8, 4) is 0 Å². The van der Waals surface area contributed by atoms with E-state index in [1.165, 1.54) is 31.5 Å². The molecule has 2 heterocycles. The molecule has 0 saturated carbocycles. The highest BCUT2D eigenvalue weighted by molar-refractivity contribution is 14.1. The molecule has 0 aromatic heterocycles. The number of hydrogen-bond acceptors (Lipinski definition) is 4. The predicted molar refractivity (Wildman–Crippen MR) is 114 cm³/mol. The highest BCUT2D eigenvalue weighted by Crippen LogP contribution is 2.26. The maximum atomic E-state index is 12.3. The van der Waals surface area contributed by atoms with Crippen LogP contribution in [0.25, 0.3) is 5.57 Å². The van der Waals surface area contributed by atoms with Gasteiger partial charge in [0.05, 0.1) is 5.57 Å². The van der Waals surface area contributed by atoms with E-state index in [1.807, 2.05) is 24.3 Å². The fraction of sp³-hybridized carbons (Fsp3) is 0.238. The number of amides is 2. The molecule has 1 fully saturated rings. The van der Waals surface area contributed by atoms with Crippen LogP contribution in [0.15, 0.2) is 48.7 Å². The van der Waals surface area contributed by atoms with E-state index in [9.17, 15) is 9.59 Å². The highest BCUT2D eigenvalue weighted by Gasteiger charge is 2.27. The van der Waals surface area contributed by atoms with Gasteiger partial charge >= 0.3 is 0 Å². The lowest BCUT2D eigenvalue weighted by Gasteiger charge is -2.19. The fourth-order valence-electron chi connectivity index (χ4n) is 3.50. The second-order valence-electron chi connectivity index (χ2n) is 6.86. The van der Waals surface area contributed by atoms with Crippen LogP contribution in [0.2, 0.25) is 0 Å². The molecule has 4 rings (SSSR count). The number of carbonyl (C=O) groups excluding carboxylic acids is 2. The van der Waals surface area contributed by atoms with Crippen LogP contribution < -0.4 is 10.6 Å². The number of halogens is 1. The van der Waals surface area contributed by atoms with Crippen molar-refractivity contribution in [2.45, 2.75) is 19.4 Å². The lowest BCUT2D eigenvalue weighted by atomic mass is 9.95. The Balaban J connectivity index is 1.52. The minimum absolute atomic E-state index is 0.352. The Labute approximate surface area is 172 Å². The van der Waals surface area contributed by atoms with Gasteiger partial charge < -0.3 is 5.32 Å². The Bertz CT molecular complexity index is 916. The Morgan fingerprint density at radius 3 is 2.48 bits per heavy atom. The molecule has 0 unspecified atom stereocenters. The van der Waals surface area contributed by atoms with Gasteiger partial charge in [0.2, 0.25) is 0 Å². The van der Waals surface area contributed by atoms with E-state index < -0.39 is 0 Å². The molecule has 2 aliphatic rings. The molecule has 5 nitrogen and oxygen atoms in total. The van der Waals surface area contributed by atoms with Crippen molar-refractivity contribution in [1.29, 1.82) is 0 Å². The Morgan fingerprint density at radius 1 is 1.00 bits per heavy atom. The number of likely N-dealkylation sites (tertiary alicyclic amines) is 1. The number of fused-ring (bicyclic) bond motifs is 1. The first-order chi connectivity index (χ1) is 13.1. The number of rotatable bonds is 4. The van der Waals surface area contributed by atoms with E-state index in [0.29, 0.717) is 16.7 Å². The third kappa shape index (κ3) is 4.06. The van der Waals surface area contributed by atoms with Gasteiger partial charge in [-0.05, 0) is 84.4 Å². The zero-order valence-corrected chi connectivity index (χ0v) is 17.0. The van der Waals surface area contributed by atoms with Crippen molar-refractivity contribution >= 4 is 45.7 Å². The quantitative estimate of drug-likeness (QED) is 0.405. The molecule has 2 N–H and O–H groups in total. The largest absolute Gasteiger partial charge is 0.361 e. The topological polar surface area (TPSA) is 61.4 Å². The maximum Gasteiger partial charge on any atom is 0.260 e. The monoisotopic (exact) mass is 473 g/mol. The molecule has 2 aliphatic heterocycles. The molecule has 0 atom stereocenters. The number of benzene rings is 2. The van der Waals surface area contributed by atoms with Crippen LogP contribution in [0.4, 0.5) is 5.69 Å². The van der Waals surface area contributed by atoms with E-state index in [-0.39, 0.29) is 11.8 Å². The maximum absolute atomic E-state index is 12.3. The molecule has 2 aromatic rings. The molecule has 2 aromatic carbocycles. The Kier molecular flexibility index (Phi) is 5.27. The predicted octanol–water partition coefficient (Wildman–Crippen LogP) is 3.61. The summed E-state index contributed by atoms with van der Waals surface area (Å²) >= 11 is 2.18. The lowest BCUT2D eigenvalue weighted by Crippen LogP contribution is -2.36. The van der Waals surface area contributed by atoms with Crippen molar-refractivity contribution in [3.63, 3.8) is 0 Å². The standard InChI is InChI=1S/C21H20IN3O2/c22-15-5-8-17-18(11-15)19(21(27)24-20(17)26)12-23-16-6-3-14(4-7-16)13-25-9-1-2-10-25/h3-8,11-12,23H,1-2,9-10,13H2,(H,24,26,27). The van der Waals surface area contributed by atoms with Gasteiger partial charge in [-0.1, -0.05) is 12.1 Å². The number of imide groups is 1. The van der Waals surface area contributed by atoms with Crippen LogP contribution in [0, 0.1) is 3.57 Å². The van der Waals surface area contributed by atoms with Gasteiger partial charge in [-0.2, -0.15) is 0 Å². The van der Waals surface area contributed by atoms with Crippen LogP contribution in [0.3, 0.4) is 0 Å². The van der Waals surface area contributed by atoms with Crippen LogP contribution >= 0.6 is 22.6 Å². The number of carbonyl (C=O) groups is 2. The molecule has 0 radical (unpaired) electrons. The zero-order valence-electron chi connectivity index (χ0n) is 14.8. The number of nitrogens with zero attached hydrogens (tertiary/aromatic N) is 1. The summed E-state index contributed by atoms with van der Waals surface area (Å²) in [5, 5.41) is 5.59. The lowest BCUT2D eigenvalue weighted by molar-refractivity contribution is -0.114. The number of anilines is 1. The molecule has 0 spiro atoms. The van der Waals surface area contributed by atoms with Crippen LogP contribution in [-0.4, -0.2) is 29.8 Å². The second-order valence-corrected chi connectivity index (χ2v) is 8.10. The third-order valence-electron chi connectivity index (χ3n) is 4.93. The molecule has 1 saturated heterocycles. The molecule has 27 heavy (non-hydrogen) atoms. The number of nitrogens with one attached hydrogen (secondary N) is 2. The molecular formula is C21H20IN3O2. The van der Waals surface area contributed by atoms with Gasteiger partial charge in [-0.15, -0.1) is 0 Å². The summed E-state index contributed by atoms with van der Waals surface area (Å²) in [6.45, 7) is 3.34. The summed E-state index contributed by atoms with van der Waals surface area (Å²) in [7, 11) is 0. The van der Waals surface area contributed by atoms with Crippen molar-refractivity contribution < 1.29 is 9.59 Å². The normalized spacial score (nSPS) is 18.5. The minimum Gasteiger partial charge on any atom is -0.361 e. The summed E-state index contributed by atoms with van der Waals surface area (Å²) in [6, 6.07) is 13.7. The molecule has 6 heteroatoms. The van der Waals surface area contributed by atoms with Crippen molar-refractivity contribution in [3.05, 3.63) is 68.9 Å². The van der Waals surface area contributed by atoms with E-state index in [1.54, 1.807) is 12.3 Å². The molecule has 0 aliphatic carbocycles. The van der Waals surface area contributed by atoms with Gasteiger partial charge in [0.25, 0.3) is 11.8 Å². The van der Waals surface area contributed by atoms with Crippen molar-refractivity contribution in [2.24, 2.45) is 0 Å². The first kappa shape index (κ1) is 18.2. The SMILES string of the molecule is O=C1NC(=O)c2ccc(I)cc2C1=CNc1ccc(CN2CCCC2)cc1. The van der Waals surface area contributed by atoms with Crippen LogP contribution in [0.5, 0.6) is 0 Å². The zero-order chi connectivity index (χ0) is 18.8. The summed E-state index contributed by atoms with van der Waals surface area (Å²) in [5.41, 5.74) is 3.84. The summed E-state index contributed by atoms with van der Waals surface area (Å²) in [4.78, 5) is 26.8.